The van der Waals surface area contributed by atoms with Gasteiger partial charge in [-0.2, -0.15) is 5.10 Å². The van der Waals surface area contributed by atoms with Gasteiger partial charge >= 0.3 is 0 Å². The fourth-order valence-corrected chi connectivity index (χ4v) is 2.19. The number of halogens is 1. The summed E-state index contributed by atoms with van der Waals surface area (Å²) in [5.74, 6) is -0.138. The number of nitrogens with zero attached hydrogens (tertiary/aromatic N) is 2. The summed E-state index contributed by atoms with van der Waals surface area (Å²) >= 11 is 5.98. The monoisotopic (exact) mass is 306 g/mol. The Kier molecular flexibility index (Phi) is 4.98. The summed E-state index contributed by atoms with van der Waals surface area (Å²) in [6.45, 7) is 4.32. The summed E-state index contributed by atoms with van der Waals surface area (Å²) in [6, 6.07) is 7.41. The first kappa shape index (κ1) is 15.5. The Balaban J connectivity index is 2.15. The van der Waals surface area contributed by atoms with E-state index in [9.17, 15) is 4.79 Å². The number of aromatic nitrogens is 2. The van der Waals surface area contributed by atoms with Crippen molar-refractivity contribution in [2.45, 2.75) is 26.3 Å². The Morgan fingerprint density at radius 2 is 2.29 bits per heavy atom. The molecular weight excluding hydrogens is 288 g/mol. The zero-order valence-electron chi connectivity index (χ0n) is 12.1. The number of nitrogens with two attached hydrogens (primary N) is 1. The predicted octanol–water partition coefficient (Wildman–Crippen LogP) is 2.30. The maximum absolute atomic E-state index is 12.1. The van der Waals surface area contributed by atoms with E-state index < -0.39 is 0 Å². The van der Waals surface area contributed by atoms with E-state index in [1.807, 2.05) is 26.0 Å². The Bertz CT molecular complexity index is 636. The van der Waals surface area contributed by atoms with Gasteiger partial charge in [0.05, 0.1) is 23.1 Å². The van der Waals surface area contributed by atoms with Crippen molar-refractivity contribution in [3.8, 4) is 5.69 Å². The molecule has 0 aliphatic carbocycles. The molecule has 2 rings (SSSR count). The van der Waals surface area contributed by atoms with E-state index in [1.165, 1.54) is 0 Å². The van der Waals surface area contributed by atoms with Gasteiger partial charge in [0.25, 0.3) is 5.91 Å². The number of hydrogen-bond donors (Lipinski definition) is 2. The molecule has 21 heavy (non-hydrogen) atoms. The summed E-state index contributed by atoms with van der Waals surface area (Å²) in [7, 11) is 0. The Hall–Kier alpha value is -1.85. The number of hydrogen-bond acceptors (Lipinski definition) is 3. The Morgan fingerprint density at radius 3 is 2.95 bits per heavy atom. The molecule has 1 aromatic carbocycles. The standard InChI is InChI=1S/C15H19ClN4O/c1-10(17)6-7-18-15(21)14-9-19-20(11(14)2)13-5-3-4-12(16)8-13/h3-5,8-10H,6-7,17H2,1-2H3,(H,18,21). The van der Waals surface area contributed by atoms with E-state index in [0.29, 0.717) is 17.1 Å². The molecule has 0 aliphatic heterocycles. The molecule has 3 N–H and O–H groups in total. The molecular formula is C15H19ClN4O. The fraction of sp³-hybridized carbons (Fsp3) is 0.333. The first-order valence-corrected chi connectivity index (χ1v) is 7.21. The van der Waals surface area contributed by atoms with Crippen LogP contribution in [-0.4, -0.2) is 28.3 Å². The van der Waals surface area contributed by atoms with Crippen LogP contribution in [0.25, 0.3) is 5.69 Å². The Morgan fingerprint density at radius 1 is 1.52 bits per heavy atom. The highest BCUT2D eigenvalue weighted by atomic mass is 35.5. The van der Waals surface area contributed by atoms with Crippen LogP contribution in [0.3, 0.4) is 0 Å². The summed E-state index contributed by atoms with van der Waals surface area (Å²) < 4.78 is 1.70. The quantitative estimate of drug-likeness (QED) is 0.890. The zero-order chi connectivity index (χ0) is 15.4. The van der Waals surface area contributed by atoms with Crippen molar-refractivity contribution in [3.63, 3.8) is 0 Å². The minimum absolute atomic E-state index is 0.0700. The number of nitrogens with one attached hydrogen (secondary N) is 1. The highest BCUT2D eigenvalue weighted by Crippen LogP contribution is 2.17. The average Bonchev–Trinajstić information content (AvgIpc) is 2.80. The number of benzene rings is 1. The molecule has 1 amide bonds. The third-order valence-corrected chi connectivity index (χ3v) is 3.43. The van der Waals surface area contributed by atoms with E-state index in [0.717, 1.165) is 17.8 Å². The van der Waals surface area contributed by atoms with Gasteiger partial charge in [0.1, 0.15) is 0 Å². The van der Waals surface area contributed by atoms with Gasteiger partial charge in [-0.05, 0) is 38.5 Å². The third-order valence-electron chi connectivity index (χ3n) is 3.19. The van der Waals surface area contributed by atoms with E-state index in [-0.39, 0.29) is 11.9 Å². The molecule has 1 heterocycles. The molecule has 6 heteroatoms. The van der Waals surface area contributed by atoms with Crippen LogP contribution in [0.5, 0.6) is 0 Å². The molecule has 0 bridgehead atoms. The maximum atomic E-state index is 12.1. The van der Waals surface area contributed by atoms with Crippen LogP contribution < -0.4 is 11.1 Å². The van der Waals surface area contributed by atoms with Gasteiger partial charge in [0, 0.05) is 17.6 Å². The van der Waals surface area contributed by atoms with Crippen molar-refractivity contribution >= 4 is 17.5 Å². The topological polar surface area (TPSA) is 72.9 Å². The molecule has 5 nitrogen and oxygen atoms in total. The molecule has 0 aliphatic rings. The van der Waals surface area contributed by atoms with E-state index in [4.69, 9.17) is 17.3 Å². The molecule has 0 fully saturated rings. The van der Waals surface area contributed by atoms with Gasteiger partial charge < -0.3 is 11.1 Å². The summed E-state index contributed by atoms with van der Waals surface area (Å²) in [4.78, 5) is 12.1. The molecule has 0 radical (unpaired) electrons. The first-order valence-electron chi connectivity index (χ1n) is 6.83. The van der Waals surface area contributed by atoms with Crippen LogP contribution in [0.2, 0.25) is 5.02 Å². The van der Waals surface area contributed by atoms with Gasteiger partial charge in [-0.15, -0.1) is 0 Å². The van der Waals surface area contributed by atoms with Crippen molar-refractivity contribution in [2.24, 2.45) is 5.73 Å². The van der Waals surface area contributed by atoms with Crippen LogP contribution >= 0.6 is 11.6 Å². The van der Waals surface area contributed by atoms with Crippen molar-refractivity contribution in [1.29, 1.82) is 0 Å². The van der Waals surface area contributed by atoms with Gasteiger partial charge in [-0.3, -0.25) is 4.79 Å². The largest absolute Gasteiger partial charge is 0.352 e. The SMILES string of the molecule is Cc1c(C(=O)NCCC(C)N)cnn1-c1cccc(Cl)c1. The van der Waals surface area contributed by atoms with Crippen LogP contribution in [0, 0.1) is 6.92 Å². The van der Waals surface area contributed by atoms with E-state index in [1.54, 1.807) is 23.0 Å². The van der Waals surface area contributed by atoms with Gasteiger partial charge in [-0.1, -0.05) is 17.7 Å². The Labute approximate surface area is 129 Å². The van der Waals surface area contributed by atoms with Crippen molar-refractivity contribution < 1.29 is 4.79 Å². The smallest absolute Gasteiger partial charge is 0.254 e. The van der Waals surface area contributed by atoms with Gasteiger partial charge in [0.15, 0.2) is 0 Å². The van der Waals surface area contributed by atoms with Crippen molar-refractivity contribution in [2.75, 3.05) is 6.54 Å². The molecule has 112 valence electrons. The first-order chi connectivity index (χ1) is 9.99. The molecule has 0 saturated heterocycles. The zero-order valence-corrected chi connectivity index (χ0v) is 12.9. The van der Waals surface area contributed by atoms with Crippen LogP contribution in [0.4, 0.5) is 0 Å². The maximum Gasteiger partial charge on any atom is 0.254 e. The lowest BCUT2D eigenvalue weighted by molar-refractivity contribution is 0.0952. The summed E-state index contributed by atoms with van der Waals surface area (Å²) in [6.07, 6.45) is 2.31. The van der Waals surface area contributed by atoms with Gasteiger partial charge in [0.2, 0.25) is 0 Å². The second-order valence-corrected chi connectivity index (χ2v) is 5.49. The highest BCUT2D eigenvalue weighted by Gasteiger charge is 2.15. The second-order valence-electron chi connectivity index (χ2n) is 5.06. The summed E-state index contributed by atoms with van der Waals surface area (Å²) in [5.41, 5.74) is 7.82. The normalized spacial score (nSPS) is 12.2. The second kappa shape index (κ2) is 6.74. The third kappa shape index (κ3) is 3.83. The summed E-state index contributed by atoms with van der Waals surface area (Å²) in [5, 5.41) is 7.74. The number of carbonyl (C=O) groups excluding carboxylic acids is 1. The lowest BCUT2D eigenvalue weighted by atomic mass is 10.2. The van der Waals surface area contributed by atoms with Crippen LogP contribution in [0.1, 0.15) is 29.4 Å². The molecule has 2 aromatic rings. The average molecular weight is 307 g/mol. The predicted molar refractivity (Wildman–Crippen MR) is 83.9 cm³/mol. The van der Waals surface area contributed by atoms with Gasteiger partial charge in [-0.25, -0.2) is 4.68 Å². The molecule has 0 spiro atoms. The number of amides is 1. The lowest BCUT2D eigenvalue weighted by Crippen LogP contribution is -2.29. The lowest BCUT2D eigenvalue weighted by Gasteiger charge is -2.08. The van der Waals surface area contributed by atoms with E-state index >= 15 is 0 Å². The fourth-order valence-electron chi connectivity index (χ4n) is 2.01. The minimum Gasteiger partial charge on any atom is -0.352 e. The highest BCUT2D eigenvalue weighted by molar-refractivity contribution is 6.30. The van der Waals surface area contributed by atoms with Crippen LogP contribution in [0.15, 0.2) is 30.5 Å². The molecule has 1 atom stereocenters. The molecule has 1 aromatic heterocycles. The number of carbonyl (C=O) groups is 1. The minimum atomic E-state index is -0.138. The van der Waals surface area contributed by atoms with Crippen LogP contribution in [-0.2, 0) is 0 Å². The molecule has 0 saturated carbocycles. The van der Waals surface area contributed by atoms with E-state index in [2.05, 4.69) is 10.4 Å². The molecule has 1 unspecified atom stereocenters. The van der Waals surface area contributed by atoms with Crippen molar-refractivity contribution in [1.82, 2.24) is 15.1 Å². The number of rotatable bonds is 5. The van der Waals surface area contributed by atoms with Crippen molar-refractivity contribution in [3.05, 3.63) is 46.7 Å².